The minimum atomic E-state index is 0.588. The van der Waals surface area contributed by atoms with Crippen molar-refractivity contribution < 1.29 is 9.26 Å². The summed E-state index contributed by atoms with van der Waals surface area (Å²) in [5.41, 5.74) is 0.899. The third-order valence-corrected chi connectivity index (χ3v) is 3.90. The number of hydrogen-bond donors (Lipinski definition) is 0. The van der Waals surface area contributed by atoms with Crippen LogP contribution in [0.3, 0.4) is 0 Å². The fourth-order valence-corrected chi connectivity index (χ4v) is 2.61. The van der Waals surface area contributed by atoms with Gasteiger partial charge in [-0.25, -0.2) is 0 Å². The van der Waals surface area contributed by atoms with Gasteiger partial charge in [0.25, 0.3) is 0 Å². The van der Waals surface area contributed by atoms with E-state index in [1.54, 1.807) is 24.2 Å². The molecule has 0 unspecified atom stereocenters. The van der Waals surface area contributed by atoms with E-state index in [9.17, 15) is 0 Å². The second kappa shape index (κ2) is 7.09. The predicted molar refractivity (Wildman–Crippen MR) is 84.7 cm³/mol. The maximum Gasteiger partial charge on any atom is 0.237 e. The molecule has 0 amide bonds. The fourth-order valence-electron chi connectivity index (χ4n) is 1.88. The highest BCUT2D eigenvalue weighted by atomic mass is 32.2. The molecule has 0 N–H and O–H groups in total. The van der Waals surface area contributed by atoms with E-state index in [2.05, 4.69) is 15.1 Å². The van der Waals surface area contributed by atoms with Crippen LogP contribution in [0.5, 0.6) is 5.75 Å². The zero-order valence-corrected chi connectivity index (χ0v) is 12.9. The first-order chi connectivity index (χ1) is 10.8. The Morgan fingerprint density at radius 3 is 2.59 bits per heavy atom. The number of nitrogens with zero attached hydrogens (tertiary/aromatic N) is 3. The molecule has 6 heteroatoms. The molecule has 2 heterocycles. The highest BCUT2D eigenvalue weighted by Crippen LogP contribution is 2.25. The molecule has 0 atom stereocenters. The molecule has 0 aliphatic carbocycles. The van der Waals surface area contributed by atoms with E-state index < -0.39 is 0 Å². The van der Waals surface area contributed by atoms with Crippen molar-refractivity contribution in [3.8, 4) is 17.1 Å². The van der Waals surface area contributed by atoms with Crippen molar-refractivity contribution in [1.29, 1.82) is 0 Å². The van der Waals surface area contributed by atoms with Crippen molar-refractivity contribution in [2.24, 2.45) is 0 Å². The quantitative estimate of drug-likeness (QED) is 0.645. The lowest BCUT2D eigenvalue weighted by atomic mass is 10.3. The van der Waals surface area contributed by atoms with Crippen molar-refractivity contribution in [2.45, 2.75) is 17.6 Å². The third kappa shape index (κ3) is 3.65. The van der Waals surface area contributed by atoms with Crippen LogP contribution in [-0.4, -0.2) is 21.7 Å². The lowest BCUT2D eigenvalue weighted by Gasteiger charge is -2.03. The van der Waals surface area contributed by atoms with Crippen LogP contribution in [0.4, 0.5) is 0 Å². The third-order valence-electron chi connectivity index (χ3n) is 2.90. The molecular weight excluding hydrogens is 298 g/mol. The lowest BCUT2D eigenvalue weighted by molar-refractivity contribution is 0.340. The topological polar surface area (TPSA) is 61.0 Å². The van der Waals surface area contributed by atoms with Crippen molar-refractivity contribution in [3.05, 3.63) is 54.7 Å². The van der Waals surface area contributed by atoms with Gasteiger partial charge in [0, 0.05) is 22.9 Å². The monoisotopic (exact) mass is 313 g/mol. The molecule has 3 rings (SSSR count). The van der Waals surface area contributed by atoms with Crippen molar-refractivity contribution in [3.63, 3.8) is 0 Å². The summed E-state index contributed by atoms with van der Waals surface area (Å²) < 4.78 is 10.7. The Kier molecular flexibility index (Phi) is 4.70. The summed E-state index contributed by atoms with van der Waals surface area (Å²) in [6, 6.07) is 11.7. The van der Waals surface area contributed by atoms with E-state index in [1.165, 1.54) is 0 Å². The van der Waals surface area contributed by atoms with E-state index in [0.29, 0.717) is 24.1 Å². The van der Waals surface area contributed by atoms with Crippen LogP contribution >= 0.6 is 11.8 Å². The zero-order valence-electron chi connectivity index (χ0n) is 12.1. The van der Waals surface area contributed by atoms with Gasteiger partial charge in [-0.15, -0.1) is 11.8 Å². The first-order valence-corrected chi connectivity index (χ1v) is 7.92. The maximum absolute atomic E-state index is 5.42. The Morgan fingerprint density at radius 1 is 1.09 bits per heavy atom. The Hall–Kier alpha value is -2.34. The van der Waals surface area contributed by atoms with Gasteiger partial charge in [-0.2, -0.15) is 4.98 Å². The Bertz CT molecular complexity index is 714. The van der Waals surface area contributed by atoms with E-state index in [4.69, 9.17) is 9.26 Å². The van der Waals surface area contributed by atoms with Crippen molar-refractivity contribution in [2.75, 3.05) is 6.61 Å². The van der Waals surface area contributed by atoms with Gasteiger partial charge < -0.3 is 9.26 Å². The minimum absolute atomic E-state index is 0.588. The van der Waals surface area contributed by atoms with Crippen LogP contribution in [0.15, 0.2) is 58.2 Å². The van der Waals surface area contributed by atoms with E-state index in [-0.39, 0.29) is 0 Å². The van der Waals surface area contributed by atoms with Gasteiger partial charge in [0.15, 0.2) is 0 Å². The number of aromatic nitrogens is 3. The number of hydrogen-bond acceptors (Lipinski definition) is 6. The highest BCUT2D eigenvalue weighted by Gasteiger charge is 2.08. The number of thioether (sulfide) groups is 1. The predicted octanol–water partition coefficient (Wildman–Crippen LogP) is 3.82. The summed E-state index contributed by atoms with van der Waals surface area (Å²) in [5, 5.41) is 3.99. The molecule has 0 saturated carbocycles. The summed E-state index contributed by atoms with van der Waals surface area (Å²) in [6.45, 7) is 2.64. The van der Waals surface area contributed by atoms with Gasteiger partial charge in [-0.3, -0.25) is 4.98 Å². The second-order valence-corrected chi connectivity index (χ2v) is 5.49. The molecule has 1 aromatic carbocycles. The van der Waals surface area contributed by atoms with Crippen LogP contribution in [0.2, 0.25) is 0 Å². The smallest absolute Gasteiger partial charge is 0.237 e. The number of pyridine rings is 1. The molecule has 5 nitrogen and oxygen atoms in total. The molecule has 0 bridgehead atoms. The Balaban J connectivity index is 1.61. The fraction of sp³-hybridized carbons (Fsp3) is 0.188. The molecule has 3 aromatic rings. The van der Waals surface area contributed by atoms with Gasteiger partial charge in [0.2, 0.25) is 11.7 Å². The summed E-state index contributed by atoms with van der Waals surface area (Å²) in [7, 11) is 0. The molecule has 112 valence electrons. The number of benzene rings is 1. The molecule has 0 radical (unpaired) electrons. The van der Waals surface area contributed by atoms with E-state index in [1.807, 2.05) is 43.3 Å². The first-order valence-electron chi connectivity index (χ1n) is 6.94. The van der Waals surface area contributed by atoms with E-state index >= 15 is 0 Å². The molecular formula is C16H15N3O2S. The van der Waals surface area contributed by atoms with Gasteiger partial charge >= 0.3 is 0 Å². The average Bonchev–Trinajstić information content (AvgIpc) is 3.04. The van der Waals surface area contributed by atoms with Crippen LogP contribution < -0.4 is 4.74 Å². The van der Waals surface area contributed by atoms with Gasteiger partial charge in [0.05, 0.1) is 12.4 Å². The van der Waals surface area contributed by atoms with Crippen molar-refractivity contribution >= 4 is 11.8 Å². The number of ether oxygens (including phenoxy) is 1. The lowest BCUT2D eigenvalue weighted by Crippen LogP contribution is -1.90. The second-order valence-electron chi connectivity index (χ2n) is 4.44. The summed E-state index contributed by atoms with van der Waals surface area (Å²) in [5.74, 6) is 2.70. The molecule has 2 aromatic heterocycles. The van der Waals surface area contributed by atoms with Crippen LogP contribution in [0, 0.1) is 0 Å². The molecule has 0 aliphatic heterocycles. The Morgan fingerprint density at radius 2 is 1.86 bits per heavy atom. The highest BCUT2D eigenvalue weighted by molar-refractivity contribution is 7.98. The van der Waals surface area contributed by atoms with Gasteiger partial charge in [-0.1, -0.05) is 5.16 Å². The van der Waals surface area contributed by atoms with Crippen LogP contribution in [0.25, 0.3) is 11.4 Å². The van der Waals surface area contributed by atoms with E-state index in [0.717, 1.165) is 16.2 Å². The van der Waals surface area contributed by atoms with Gasteiger partial charge in [-0.05, 0) is 43.3 Å². The SMILES string of the molecule is CCOc1ccc(SCc2nc(-c3ccncc3)no2)cc1. The minimum Gasteiger partial charge on any atom is -0.494 e. The average molecular weight is 313 g/mol. The van der Waals surface area contributed by atoms with Crippen LogP contribution in [-0.2, 0) is 5.75 Å². The molecule has 0 fully saturated rings. The van der Waals surface area contributed by atoms with Crippen LogP contribution in [0.1, 0.15) is 12.8 Å². The van der Waals surface area contributed by atoms with Crippen molar-refractivity contribution in [1.82, 2.24) is 15.1 Å². The summed E-state index contributed by atoms with van der Waals surface area (Å²) >= 11 is 1.64. The molecule has 0 spiro atoms. The summed E-state index contributed by atoms with van der Waals surface area (Å²) in [4.78, 5) is 9.50. The van der Waals surface area contributed by atoms with Gasteiger partial charge in [0.1, 0.15) is 5.75 Å². The zero-order chi connectivity index (χ0) is 15.2. The molecule has 0 aliphatic rings. The first kappa shape index (κ1) is 14.6. The molecule has 0 saturated heterocycles. The molecule has 22 heavy (non-hydrogen) atoms. The Labute approximate surface area is 132 Å². The number of rotatable bonds is 6. The standard InChI is InChI=1S/C16H15N3O2S/c1-2-20-13-3-5-14(6-4-13)22-11-15-18-16(19-21-15)12-7-9-17-10-8-12/h3-10H,2,11H2,1H3. The summed E-state index contributed by atoms with van der Waals surface area (Å²) in [6.07, 6.45) is 3.42. The largest absolute Gasteiger partial charge is 0.494 e. The normalized spacial score (nSPS) is 10.6. The maximum atomic E-state index is 5.42.